The number of pyridine rings is 1. The molecule has 1 aromatic carbocycles. The molecule has 82 valence electrons. The number of benzene rings is 1. The molecule has 0 spiro atoms. The quantitative estimate of drug-likeness (QED) is 0.808. The molecule has 0 bridgehead atoms. The molecule has 2 nitrogen and oxygen atoms in total. The minimum Gasteiger partial charge on any atom is -0.486 e. The molecule has 0 unspecified atom stereocenters. The maximum absolute atomic E-state index is 6.05. The van der Waals surface area contributed by atoms with Crippen LogP contribution < -0.4 is 4.74 Å². The number of nitrogens with zero attached hydrogens (tertiary/aromatic N) is 1. The van der Waals surface area contributed by atoms with E-state index < -0.39 is 0 Å². The van der Waals surface area contributed by atoms with Gasteiger partial charge in [-0.3, -0.25) is 4.98 Å². The maximum Gasteiger partial charge on any atom is 0.138 e. The van der Waals surface area contributed by atoms with E-state index >= 15 is 0 Å². The average molecular weight is 234 g/mol. The van der Waals surface area contributed by atoms with E-state index in [9.17, 15) is 0 Å². The zero-order chi connectivity index (χ0) is 11.4. The van der Waals surface area contributed by atoms with Crippen LogP contribution in [0.4, 0.5) is 0 Å². The third-order valence-electron chi connectivity index (χ3n) is 2.19. The van der Waals surface area contributed by atoms with Crippen LogP contribution in [0, 0.1) is 6.92 Å². The lowest BCUT2D eigenvalue weighted by atomic mass is 10.2. The van der Waals surface area contributed by atoms with Gasteiger partial charge in [0.15, 0.2) is 0 Å². The smallest absolute Gasteiger partial charge is 0.138 e. The molecular weight excluding hydrogens is 222 g/mol. The average Bonchev–Trinajstić information content (AvgIpc) is 2.29. The summed E-state index contributed by atoms with van der Waals surface area (Å²) in [5, 5.41) is 0.635. The number of aromatic nitrogens is 1. The van der Waals surface area contributed by atoms with Gasteiger partial charge in [0.2, 0.25) is 0 Å². The minimum absolute atomic E-state index is 0.434. The Hall–Kier alpha value is -1.54. The molecule has 2 rings (SSSR count). The van der Waals surface area contributed by atoms with Gasteiger partial charge in [0.25, 0.3) is 0 Å². The fraction of sp³-hybridized carbons (Fsp3) is 0.154. The second kappa shape index (κ2) is 4.99. The van der Waals surface area contributed by atoms with Crippen LogP contribution >= 0.6 is 11.6 Å². The molecule has 0 aliphatic rings. The zero-order valence-corrected chi connectivity index (χ0v) is 9.74. The molecule has 2 aromatic rings. The van der Waals surface area contributed by atoms with Gasteiger partial charge in [0, 0.05) is 6.20 Å². The Morgan fingerprint density at radius 2 is 2.12 bits per heavy atom. The van der Waals surface area contributed by atoms with Crippen LogP contribution in [-0.4, -0.2) is 4.98 Å². The van der Waals surface area contributed by atoms with Gasteiger partial charge >= 0.3 is 0 Å². The first-order chi connectivity index (χ1) is 7.75. The predicted octanol–water partition coefficient (Wildman–Crippen LogP) is 3.62. The van der Waals surface area contributed by atoms with Crippen LogP contribution in [0.5, 0.6) is 5.75 Å². The molecule has 0 saturated carbocycles. The molecule has 0 atom stereocenters. The van der Waals surface area contributed by atoms with E-state index in [0.29, 0.717) is 17.4 Å². The van der Waals surface area contributed by atoms with E-state index in [-0.39, 0.29) is 0 Å². The van der Waals surface area contributed by atoms with Gasteiger partial charge in [-0.15, -0.1) is 0 Å². The van der Waals surface area contributed by atoms with Crippen LogP contribution in [0.15, 0.2) is 42.6 Å². The highest BCUT2D eigenvalue weighted by atomic mass is 35.5. The van der Waals surface area contributed by atoms with Crippen molar-refractivity contribution in [3.05, 3.63) is 58.9 Å². The number of aryl methyl sites for hydroxylation is 1. The van der Waals surface area contributed by atoms with Crippen molar-refractivity contribution >= 4 is 11.6 Å². The van der Waals surface area contributed by atoms with Crippen LogP contribution in [0.2, 0.25) is 5.02 Å². The van der Waals surface area contributed by atoms with E-state index in [0.717, 1.165) is 11.3 Å². The third kappa shape index (κ3) is 2.74. The topological polar surface area (TPSA) is 22.1 Å². The summed E-state index contributed by atoms with van der Waals surface area (Å²) in [5.74, 6) is 0.693. The lowest BCUT2D eigenvalue weighted by Crippen LogP contribution is -1.97. The second-order valence-corrected chi connectivity index (χ2v) is 3.95. The number of halogens is 1. The monoisotopic (exact) mass is 233 g/mol. The molecule has 3 heteroatoms. The highest BCUT2D eigenvalue weighted by Crippen LogP contribution is 2.25. The Morgan fingerprint density at radius 1 is 1.25 bits per heavy atom. The lowest BCUT2D eigenvalue weighted by molar-refractivity contribution is 0.301. The van der Waals surface area contributed by atoms with Crippen LogP contribution in [0.25, 0.3) is 0 Å². The first-order valence-corrected chi connectivity index (χ1v) is 5.42. The summed E-state index contributed by atoms with van der Waals surface area (Å²) in [6.45, 7) is 2.43. The predicted molar refractivity (Wildman–Crippen MR) is 64.8 cm³/mol. The summed E-state index contributed by atoms with van der Waals surface area (Å²) in [5.41, 5.74) is 2.01. The largest absolute Gasteiger partial charge is 0.486 e. The lowest BCUT2D eigenvalue weighted by Gasteiger charge is -2.07. The third-order valence-corrected chi connectivity index (χ3v) is 2.48. The number of hydrogen-bond acceptors (Lipinski definition) is 2. The Labute approximate surface area is 99.9 Å². The fourth-order valence-electron chi connectivity index (χ4n) is 1.36. The number of rotatable bonds is 3. The van der Waals surface area contributed by atoms with Crippen molar-refractivity contribution < 1.29 is 4.74 Å². The van der Waals surface area contributed by atoms with Gasteiger partial charge in [-0.1, -0.05) is 23.7 Å². The molecule has 0 radical (unpaired) electrons. The van der Waals surface area contributed by atoms with E-state index in [1.165, 1.54) is 0 Å². The Morgan fingerprint density at radius 3 is 2.81 bits per heavy atom. The highest BCUT2D eigenvalue weighted by molar-refractivity contribution is 6.32. The normalized spacial score (nSPS) is 10.1. The maximum atomic E-state index is 6.05. The van der Waals surface area contributed by atoms with Crippen LogP contribution in [0.3, 0.4) is 0 Å². The summed E-state index contributed by atoms with van der Waals surface area (Å²) in [6, 6.07) is 11.5. The Kier molecular flexibility index (Phi) is 3.42. The van der Waals surface area contributed by atoms with Gasteiger partial charge in [-0.2, -0.15) is 0 Å². The van der Waals surface area contributed by atoms with E-state index in [1.54, 1.807) is 6.20 Å². The van der Waals surface area contributed by atoms with Gasteiger partial charge in [-0.25, -0.2) is 0 Å². The summed E-state index contributed by atoms with van der Waals surface area (Å²) in [6.07, 6.45) is 1.75. The Balaban J connectivity index is 2.05. The molecular formula is C13H12ClNO. The molecule has 1 aromatic heterocycles. The van der Waals surface area contributed by atoms with Gasteiger partial charge in [0.05, 0.1) is 10.7 Å². The fourth-order valence-corrected chi connectivity index (χ4v) is 1.65. The molecule has 0 N–H and O–H groups in total. The molecule has 16 heavy (non-hydrogen) atoms. The summed E-state index contributed by atoms with van der Waals surface area (Å²) < 4.78 is 5.58. The molecule has 0 saturated heterocycles. The van der Waals surface area contributed by atoms with Crippen LogP contribution in [0.1, 0.15) is 11.3 Å². The molecule has 0 aliphatic heterocycles. The summed E-state index contributed by atoms with van der Waals surface area (Å²) >= 11 is 6.05. The minimum atomic E-state index is 0.434. The van der Waals surface area contributed by atoms with Gasteiger partial charge < -0.3 is 4.74 Å². The number of ether oxygens (including phenoxy) is 1. The molecule has 1 heterocycles. The number of hydrogen-bond donors (Lipinski definition) is 0. The van der Waals surface area contributed by atoms with Crippen molar-refractivity contribution in [2.45, 2.75) is 13.5 Å². The molecule has 0 amide bonds. The highest BCUT2D eigenvalue weighted by Gasteiger charge is 2.02. The second-order valence-electron chi connectivity index (χ2n) is 3.54. The van der Waals surface area contributed by atoms with Crippen molar-refractivity contribution in [1.82, 2.24) is 4.98 Å². The summed E-state index contributed by atoms with van der Waals surface area (Å²) in [7, 11) is 0. The first kappa shape index (κ1) is 11.0. The molecule has 0 fully saturated rings. The van der Waals surface area contributed by atoms with Crippen molar-refractivity contribution in [3.8, 4) is 5.75 Å². The molecule has 0 aliphatic carbocycles. The van der Waals surface area contributed by atoms with Crippen molar-refractivity contribution in [1.29, 1.82) is 0 Å². The van der Waals surface area contributed by atoms with Crippen molar-refractivity contribution in [3.63, 3.8) is 0 Å². The standard InChI is InChI=1S/C13H12ClNO/c1-10-5-6-13(12(14)8-10)16-9-11-4-2-3-7-15-11/h2-8H,9H2,1H3. The van der Waals surface area contributed by atoms with Crippen molar-refractivity contribution in [2.75, 3.05) is 0 Å². The summed E-state index contributed by atoms with van der Waals surface area (Å²) in [4.78, 5) is 4.17. The zero-order valence-electron chi connectivity index (χ0n) is 8.98. The Bertz CT molecular complexity index is 471. The van der Waals surface area contributed by atoms with Crippen molar-refractivity contribution in [2.24, 2.45) is 0 Å². The van der Waals surface area contributed by atoms with E-state index in [4.69, 9.17) is 16.3 Å². The van der Waals surface area contributed by atoms with E-state index in [1.807, 2.05) is 43.3 Å². The van der Waals surface area contributed by atoms with Crippen LogP contribution in [-0.2, 0) is 6.61 Å². The van der Waals surface area contributed by atoms with Gasteiger partial charge in [-0.05, 0) is 36.8 Å². The first-order valence-electron chi connectivity index (χ1n) is 5.04. The van der Waals surface area contributed by atoms with E-state index in [2.05, 4.69) is 4.98 Å². The SMILES string of the molecule is Cc1ccc(OCc2ccccn2)c(Cl)c1. The van der Waals surface area contributed by atoms with Gasteiger partial charge in [0.1, 0.15) is 12.4 Å².